The van der Waals surface area contributed by atoms with E-state index < -0.39 is 17.8 Å². The number of benzene rings is 1. The van der Waals surface area contributed by atoms with E-state index in [2.05, 4.69) is 5.32 Å². The molecule has 4 atom stereocenters. The SMILES string of the molecule is COc1cc(NC(=O)C2C3CCC(O3)C2C(=O)O)cc(OC)c1. The Morgan fingerprint density at radius 2 is 1.65 bits per heavy atom. The summed E-state index contributed by atoms with van der Waals surface area (Å²) in [5.41, 5.74) is 0.498. The predicted molar refractivity (Wildman–Crippen MR) is 80.7 cm³/mol. The highest BCUT2D eigenvalue weighted by atomic mass is 16.5. The largest absolute Gasteiger partial charge is 0.497 e. The summed E-state index contributed by atoms with van der Waals surface area (Å²) < 4.78 is 15.9. The van der Waals surface area contributed by atoms with Crippen molar-refractivity contribution >= 4 is 17.6 Å². The van der Waals surface area contributed by atoms with Gasteiger partial charge in [0.25, 0.3) is 0 Å². The van der Waals surface area contributed by atoms with Gasteiger partial charge in [0.2, 0.25) is 5.91 Å². The van der Waals surface area contributed by atoms with Crippen LogP contribution in [-0.4, -0.2) is 43.4 Å². The fourth-order valence-electron chi connectivity index (χ4n) is 3.43. The fourth-order valence-corrected chi connectivity index (χ4v) is 3.43. The second kappa shape index (κ2) is 6.08. The lowest BCUT2D eigenvalue weighted by atomic mass is 9.78. The average molecular weight is 321 g/mol. The normalized spacial score (nSPS) is 28.4. The first-order valence-electron chi connectivity index (χ1n) is 7.45. The van der Waals surface area contributed by atoms with E-state index >= 15 is 0 Å². The summed E-state index contributed by atoms with van der Waals surface area (Å²) in [5, 5.41) is 12.1. The summed E-state index contributed by atoms with van der Waals surface area (Å²) in [4.78, 5) is 24.0. The third kappa shape index (κ3) is 2.84. The third-order valence-electron chi connectivity index (χ3n) is 4.48. The van der Waals surface area contributed by atoms with Crippen LogP contribution >= 0.6 is 0 Å². The van der Waals surface area contributed by atoms with Gasteiger partial charge in [-0.3, -0.25) is 9.59 Å². The van der Waals surface area contributed by atoms with Crippen LogP contribution in [0.4, 0.5) is 5.69 Å². The topological polar surface area (TPSA) is 94.1 Å². The van der Waals surface area contributed by atoms with Gasteiger partial charge in [0.1, 0.15) is 11.5 Å². The van der Waals surface area contributed by atoms with Gasteiger partial charge in [-0.15, -0.1) is 0 Å². The van der Waals surface area contributed by atoms with Crippen LogP contribution in [-0.2, 0) is 14.3 Å². The zero-order valence-corrected chi connectivity index (χ0v) is 12.9. The van der Waals surface area contributed by atoms with E-state index in [0.29, 0.717) is 30.0 Å². The Bertz CT molecular complexity index is 609. The zero-order valence-electron chi connectivity index (χ0n) is 12.9. The van der Waals surface area contributed by atoms with Gasteiger partial charge in [0.05, 0.1) is 38.3 Å². The zero-order chi connectivity index (χ0) is 16.6. The lowest BCUT2D eigenvalue weighted by Gasteiger charge is -2.24. The first-order chi connectivity index (χ1) is 11.0. The molecule has 7 nitrogen and oxygen atoms in total. The molecule has 1 amide bonds. The summed E-state index contributed by atoms with van der Waals surface area (Å²) in [6, 6.07) is 5.00. The number of hydrogen-bond donors (Lipinski definition) is 2. The summed E-state index contributed by atoms with van der Waals surface area (Å²) in [5.74, 6) is -1.72. The van der Waals surface area contributed by atoms with E-state index in [1.54, 1.807) is 18.2 Å². The lowest BCUT2D eigenvalue weighted by molar-refractivity contribution is -0.147. The van der Waals surface area contributed by atoms with E-state index in [4.69, 9.17) is 14.2 Å². The highest BCUT2D eigenvalue weighted by Crippen LogP contribution is 2.44. The van der Waals surface area contributed by atoms with Crippen LogP contribution in [0.25, 0.3) is 0 Å². The minimum atomic E-state index is -0.986. The molecule has 0 aliphatic carbocycles. The van der Waals surface area contributed by atoms with Crippen molar-refractivity contribution in [1.82, 2.24) is 0 Å². The van der Waals surface area contributed by atoms with Crippen LogP contribution in [0.15, 0.2) is 18.2 Å². The molecule has 2 N–H and O–H groups in total. The lowest BCUT2D eigenvalue weighted by Crippen LogP contribution is -2.40. The number of carbonyl (C=O) groups is 2. The van der Waals surface area contributed by atoms with Crippen molar-refractivity contribution in [2.45, 2.75) is 25.0 Å². The van der Waals surface area contributed by atoms with Crippen LogP contribution in [0.2, 0.25) is 0 Å². The van der Waals surface area contributed by atoms with Gasteiger partial charge >= 0.3 is 5.97 Å². The van der Waals surface area contributed by atoms with E-state index in [0.717, 1.165) is 0 Å². The number of amides is 1. The first-order valence-corrected chi connectivity index (χ1v) is 7.45. The second-order valence-electron chi connectivity index (χ2n) is 5.77. The Balaban J connectivity index is 1.80. The van der Waals surface area contributed by atoms with Gasteiger partial charge in [-0.1, -0.05) is 0 Å². The molecule has 2 heterocycles. The summed E-state index contributed by atoms with van der Waals surface area (Å²) in [7, 11) is 3.04. The summed E-state index contributed by atoms with van der Waals surface area (Å²) in [6.45, 7) is 0. The van der Waals surface area contributed by atoms with Crippen LogP contribution in [0, 0.1) is 11.8 Å². The number of carboxylic acids is 1. The fraction of sp³-hybridized carbons (Fsp3) is 0.500. The maximum atomic E-state index is 12.6. The number of nitrogens with one attached hydrogen (secondary N) is 1. The maximum Gasteiger partial charge on any atom is 0.310 e. The second-order valence-corrected chi connectivity index (χ2v) is 5.77. The molecule has 1 aromatic carbocycles. The monoisotopic (exact) mass is 321 g/mol. The Kier molecular flexibility index (Phi) is 4.12. The number of carbonyl (C=O) groups excluding carboxylic acids is 1. The Hall–Kier alpha value is -2.28. The van der Waals surface area contributed by atoms with Crippen molar-refractivity contribution in [2.24, 2.45) is 11.8 Å². The Morgan fingerprint density at radius 1 is 1.09 bits per heavy atom. The highest BCUT2D eigenvalue weighted by molar-refractivity contribution is 5.96. The first kappa shape index (κ1) is 15.6. The number of rotatable bonds is 5. The molecule has 2 fully saturated rings. The number of ether oxygens (including phenoxy) is 3. The predicted octanol–water partition coefficient (Wildman–Crippen LogP) is 1.52. The van der Waals surface area contributed by atoms with Gasteiger partial charge in [0.15, 0.2) is 0 Å². The molecule has 0 spiro atoms. The molecule has 124 valence electrons. The molecule has 0 aromatic heterocycles. The minimum Gasteiger partial charge on any atom is -0.497 e. The standard InChI is InChI=1S/C16H19NO6/c1-21-9-5-8(6-10(7-9)22-2)17-15(18)13-11-3-4-12(23-11)14(13)16(19)20/h5-7,11-14H,3-4H2,1-2H3,(H,17,18)(H,19,20). The number of anilines is 1. The van der Waals surface area contributed by atoms with Crippen LogP contribution in [0.3, 0.4) is 0 Å². The maximum absolute atomic E-state index is 12.6. The van der Waals surface area contributed by atoms with Crippen molar-refractivity contribution in [3.8, 4) is 11.5 Å². The molecule has 4 unspecified atom stereocenters. The van der Waals surface area contributed by atoms with E-state index in [-0.39, 0.29) is 18.1 Å². The third-order valence-corrected chi connectivity index (χ3v) is 4.48. The summed E-state index contributed by atoms with van der Waals surface area (Å²) in [6.07, 6.45) is 0.716. The van der Waals surface area contributed by atoms with Crippen molar-refractivity contribution in [2.75, 3.05) is 19.5 Å². The molecule has 2 aliphatic rings. The van der Waals surface area contributed by atoms with Crippen LogP contribution in [0.1, 0.15) is 12.8 Å². The number of hydrogen-bond acceptors (Lipinski definition) is 5. The number of methoxy groups -OCH3 is 2. The van der Waals surface area contributed by atoms with Gasteiger partial charge < -0.3 is 24.6 Å². The molecule has 0 saturated carbocycles. The molecule has 2 bridgehead atoms. The quantitative estimate of drug-likeness (QED) is 0.854. The summed E-state index contributed by atoms with van der Waals surface area (Å²) >= 11 is 0. The highest BCUT2D eigenvalue weighted by Gasteiger charge is 2.55. The minimum absolute atomic E-state index is 0.325. The Morgan fingerprint density at radius 3 is 2.17 bits per heavy atom. The average Bonchev–Trinajstić information content (AvgIpc) is 3.15. The van der Waals surface area contributed by atoms with Gasteiger partial charge in [-0.2, -0.15) is 0 Å². The van der Waals surface area contributed by atoms with E-state index in [9.17, 15) is 14.7 Å². The van der Waals surface area contributed by atoms with E-state index in [1.165, 1.54) is 14.2 Å². The molecular formula is C16H19NO6. The van der Waals surface area contributed by atoms with Gasteiger partial charge in [0, 0.05) is 23.9 Å². The molecule has 0 radical (unpaired) electrons. The molecule has 2 aliphatic heterocycles. The number of fused-ring (bicyclic) bond motifs is 2. The molecule has 1 aromatic rings. The molecule has 23 heavy (non-hydrogen) atoms. The smallest absolute Gasteiger partial charge is 0.310 e. The van der Waals surface area contributed by atoms with Gasteiger partial charge in [-0.25, -0.2) is 0 Å². The van der Waals surface area contributed by atoms with Crippen LogP contribution in [0.5, 0.6) is 11.5 Å². The molecular weight excluding hydrogens is 302 g/mol. The van der Waals surface area contributed by atoms with Crippen molar-refractivity contribution in [1.29, 1.82) is 0 Å². The van der Waals surface area contributed by atoms with Crippen LogP contribution < -0.4 is 14.8 Å². The number of carboxylic acid groups (broad SMARTS) is 1. The van der Waals surface area contributed by atoms with Crippen molar-refractivity contribution in [3.05, 3.63) is 18.2 Å². The number of aliphatic carboxylic acids is 1. The molecule has 7 heteroatoms. The molecule has 2 saturated heterocycles. The van der Waals surface area contributed by atoms with Crippen molar-refractivity contribution in [3.63, 3.8) is 0 Å². The molecule has 3 rings (SSSR count). The van der Waals surface area contributed by atoms with Crippen molar-refractivity contribution < 1.29 is 28.9 Å². The van der Waals surface area contributed by atoms with E-state index in [1.807, 2.05) is 0 Å². The van der Waals surface area contributed by atoms with Gasteiger partial charge in [-0.05, 0) is 12.8 Å². The Labute approximate surface area is 133 Å².